The number of rotatable bonds is 0. The predicted molar refractivity (Wildman–Crippen MR) is 59.6 cm³/mol. The smallest absolute Gasteiger partial charge is 0.512 e. The third-order valence-electron chi connectivity index (χ3n) is 0. The molecule has 0 fully saturated rings. The molecule has 0 rings (SSSR count). The first-order valence-corrected chi connectivity index (χ1v) is 2.68. The fourth-order valence-corrected chi connectivity index (χ4v) is 0. The molecule has 0 radical (unpaired) electrons. The Kier molecular flexibility index (Phi) is 1840. The van der Waals surface area contributed by atoms with E-state index >= 15 is 0 Å². The number of hydrogen-bond acceptors (Lipinski definition) is 12. The quantitative estimate of drug-likeness (QED) is 0.391. The van der Waals surface area contributed by atoms with Crippen molar-refractivity contribution in [3.8, 4) is 0 Å². The Labute approximate surface area is 176 Å². The molecule has 0 saturated heterocycles. The molecular formula is C12Fe2N12. The summed E-state index contributed by atoms with van der Waals surface area (Å²) in [6.45, 7) is 57.0. The molecule has 12 nitrogen and oxygen atoms in total. The van der Waals surface area contributed by atoms with Gasteiger partial charge in [0.05, 0.1) is 0 Å². The van der Waals surface area contributed by atoms with Gasteiger partial charge in [0.2, 0.25) is 0 Å². The van der Waals surface area contributed by atoms with Gasteiger partial charge < -0.3 is 142 Å². The van der Waals surface area contributed by atoms with Gasteiger partial charge in [0.15, 0.2) is 0 Å². The van der Waals surface area contributed by atoms with Crippen molar-refractivity contribution in [2.45, 2.75) is 0 Å². The molecule has 0 aliphatic heterocycles. The molecule has 0 amide bonds. The van der Waals surface area contributed by atoms with E-state index < -0.39 is 0 Å². The summed E-state index contributed by atoms with van der Waals surface area (Å²) in [7, 11) is 0. The molecule has 0 aliphatic rings. The summed E-state index contributed by atoms with van der Waals surface area (Å²) in [5.74, 6) is 0. The van der Waals surface area contributed by atoms with Crippen molar-refractivity contribution in [1.82, 2.24) is 0 Å². The summed E-state index contributed by atoms with van der Waals surface area (Å²) in [6.07, 6.45) is 0. The number of hydrogen-bond donors (Lipinski definition) is 0. The number of nitrogens with zero attached hydrogens (tertiary/aromatic N) is 12. The molecule has 0 aromatic rings. The average Bonchev–Trinajstić information content (AvgIpc) is 2.84. The maximum absolute atomic E-state index is 6.25. The fourth-order valence-electron chi connectivity index (χ4n) is 0. The van der Waals surface area contributed by atoms with Gasteiger partial charge in [0, 0.05) is 0 Å². The molecule has 0 N–H and O–H groups in total. The van der Waals surface area contributed by atoms with E-state index in [4.69, 9.17) is 142 Å². The molecule has 0 bridgehead atoms. The minimum absolute atomic E-state index is 0. The van der Waals surface area contributed by atoms with Gasteiger partial charge in [0.1, 0.15) is 0 Å². The van der Waals surface area contributed by atoms with Crippen molar-refractivity contribution in [2.24, 2.45) is 0 Å². The Bertz CT molecular complexity index is 220. The summed E-state index contributed by atoms with van der Waals surface area (Å²) in [4.78, 5) is 0. The van der Waals surface area contributed by atoms with Crippen LogP contribution in [-0.2, 0) is 34.1 Å². The van der Waals surface area contributed by atoms with E-state index in [1.54, 1.807) is 0 Å². The van der Waals surface area contributed by atoms with E-state index in [0.29, 0.717) is 0 Å². The van der Waals surface area contributed by atoms with Crippen molar-refractivity contribution in [1.29, 1.82) is 63.1 Å². The van der Waals surface area contributed by atoms with Crippen LogP contribution in [0.25, 0.3) is 0 Å². The van der Waals surface area contributed by atoms with E-state index in [2.05, 4.69) is 0 Å². The molecule has 14 heteroatoms. The van der Waals surface area contributed by atoms with Crippen molar-refractivity contribution in [3.63, 3.8) is 0 Å². The van der Waals surface area contributed by atoms with Crippen LogP contribution < -0.4 is 0 Å². The van der Waals surface area contributed by atoms with Crippen molar-refractivity contribution < 1.29 is 34.1 Å². The summed E-state index contributed by atoms with van der Waals surface area (Å²) in [6, 6.07) is 0. The molecule has 124 valence electrons. The van der Waals surface area contributed by atoms with Crippen LogP contribution in [-0.4, -0.2) is 0 Å². The van der Waals surface area contributed by atoms with Crippen molar-refractivity contribution in [2.75, 3.05) is 0 Å². The molecule has 0 unspecified atom stereocenters. The minimum atomic E-state index is 0. The maximum Gasteiger partial charge on any atom is 6.00 e. The zero-order valence-corrected chi connectivity index (χ0v) is 14.3. The second-order valence-corrected chi connectivity index (χ2v) is 0. The van der Waals surface area contributed by atoms with Gasteiger partial charge in [0.25, 0.3) is 0 Å². The zero-order chi connectivity index (χ0) is 24.0. The first-order chi connectivity index (χ1) is 12.0. The van der Waals surface area contributed by atoms with Crippen molar-refractivity contribution >= 4 is 0 Å². The summed E-state index contributed by atoms with van der Waals surface area (Å²) >= 11 is 0. The zero-order valence-electron chi connectivity index (χ0n) is 12.1. The summed E-state index contributed by atoms with van der Waals surface area (Å²) in [5.41, 5.74) is 0. The van der Waals surface area contributed by atoms with Gasteiger partial charge in [-0.15, -0.1) is 0 Å². The molecule has 26 heavy (non-hydrogen) atoms. The van der Waals surface area contributed by atoms with Gasteiger partial charge in [-0.25, -0.2) is 0 Å². The van der Waals surface area contributed by atoms with Crippen LogP contribution in [0.15, 0.2) is 0 Å². The Morgan fingerprint density at radius 3 is 0.154 bits per heavy atom. The van der Waals surface area contributed by atoms with Crippen molar-refractivity contribution in [3.05, 3.63) is 78.9 Å². The van der Waals surface area contributed by atoms with E-state index in [0.717, 1.165) is 0 Å². The predicted octanol–water partition coefficient (Wildman–Crippen LogP) is 1.15. The monoisotopic (exact) mass is 424 g/mol. The maximum atomic E-state index is 6.25. The summed E-state index contributed by atoms with van der Waals surface area (Å²) in [5, 5.41) is 75.0. The van der Waals surface area contributed by atoms with Crippen LogP contribution in [0.3, 0.4) is 0 Å². The molecular weight excluding hydrogens is 424 g/mol. The second-order valence-electron chi connectivity index (χ2n) is 0. The average molecular weight is 424 g/mol. The minimum Gasteiger partial charge on any atom is -0.512 e. The van der Waals surface area contributed by atoms with Crippen LogP contribution >= 0.6 is 0 Å². The van der Waals surface area contributed by atoms with Crippen LogP contribution in [0.4, 0.5) is 0 Å². The molecule has 0 aliphatic carbocycles. The molecule has 0 spiro atoms. The largest absolute Gasteiger partial charge is 6.00 e. The van der Waals surface area contributed by atoms with Crippen LogP contribution in [0.2, 0.25) is 0 Å². The van der Waals surface area contributed by atoms with Crippen LogP contribution in [0.1, 0.15) is 0 Å². The van der Waals surface area contributed by atoms with Gasteiger partial charge in [-0.05, 0) is 0 Å². The SMILES string of the molecule is [C-]#N.[C-]#N.[C-]#N.[C-]#N.[C-]#N.[C-]#N.[C-]#N.[C-]#N.[C-]#N.[C-]#N.[C-]#N.[C-]#N.[Fe+6].[Fe+6]. The first-order valence-electron chi connectivity index (χ1n) is 2.68. The fraction of sp³-hybridized carbons (Fsp3) is 0. The second kappa shape index (κ2) is 276. The molecule has 0 aromatic carbocycles. The topological polar surface area (TPSA) is 285 Å². The Morgan fingerprint density at radius 2 is 0.154 bits per heavy atom. The summed E-state index contributed by atoms with van der Waals surface area (Å²) < 4.78 is 0. The van der Waals surface area contributed by atoms with E-state index in [-0.39, 0.29) is 34.1 Å². The molecule has 0 heterocycles. The van der Waals surface area contributed by atoms with Gasteiger partial charge in [-0.2, -0.15) is 0 Å². The van der Waals surface area contributed by atoms with E-state index in [1.807, 2.05) is 0 Å². The van der Waals surface area contributed by atoms with Crippen LogP contribution in [0, 0.1) is 142 Å². The normalized spacial score (nSPS) is 0.923. The Morgan fingerprint density at radius 1 is 0.154 bits per heavy atom. The van der Waals surface area contributed by atoms with Gasteiger partial charge in [-0.3, -0.25) is 0 Å². The van der Waals surface area contributed by atoms with E-state index in [9.17, 15) is 0 Å². The first kappa shape index (κ1) is 173. The third kappa shape index (κ3) is 235. The Balaban J connectivity index is -0.00000000500. The molecule has 0 atom stereocenters. The Hall–Kier alpha value is -5.08. The van der Waals surface area contributed by atoms with Gasteiger partial charge >= 0.3 is 34.1 Å². The molecule has 0 aromatic heterocycles. The third-order valence-corrected chi connectivity index (χ3v) is 0. The van der Waals surface area contributed by atoms with Gasteiger partial charge in [-0.1, -0.05) is 0 Å². The van der Waals surface area contributed by atoms with Crippen LogP contribution in [0.5, 0.6) is 0 Å². The molecule has 0 saturated carbocycles. The van der Waals surface area contributed by atoms with E-state index in [1.165, 1.54) is 0 Å². The standard InChI is InChI=1S/12CN.2Fe/c12*1-2;;/q12*-1;2*+6.